The fraction of sp³-hybridized carbons (Fsp3) is 0.292. The minimum Gasteiger partial charge on any atom is -0.303 e. The number of carbonyl (C=O) groups is 2. The lowest BCUT2D eigenvalue weighted by Crippen LogP contribution is -2.22. The van der Waals surface area contributed by atoms with Gasteiger partial charge in [0.1, 0.15) is 0 Å². The van der Waals surface area contributed by atoms with E-state index in [1.165, 1.54) is 18.4 Å². The van der Waals surface area contributed by atoms with Crippen molar-refractivity contribution >= 4 is 51.2 Å². The molecular weight excluding hydrogens is 398 g/mol. The molecule has 0 N–H and O–H groups in total. The lowest BCUT2D eigenvalue weighted by molar-refractivity contribution is 0.0890. The van der Waals surface area contributed by atoms with Crippen LogP contribution in [0, 0.1) is 0 Å². The van der Waals surface area contributed by atoms with E-state index in [1.807, 2.05) is 16.5 Å². The Labute approximate surface area is 180 Å². The standard InChI is InChI=1S/C24H21N3O2.ClH/c28-19-12-20(29)22-21-17-6-2-1-5-15(17)11-16(7-10-26-8-3-4-9-26)23(21)27-14-25-13-18(19)24(22)27;/h1-2,5-6,11,13-14H,3-4,7-10,12H2;1H. The summed E-state index contributed by atoms with van der Waals surface area (Å²) in [6, 6.07) is 10.5. The maximum atomic E-state index is 13.0. The minimum atomic E-state index is -0.133. The van der Waals surface area contributed by atoms with E-state index in [2.05, 4.69) is 28.1 Å². The van der Waals surface area contributed by atoms with Gasteiger partial charge in [-0.2, -0.15) is 0 Å². The van der Waals surface area contributed by atoms with Crippen LogP contribution in [-0.4, -0.2) is 45.5 Å². The van der Waals surface area contributed by atoms with Crippen LogP contribution in [0.4, 0.5) is 0 Å². The number of nitrogens with zero attached hydrogens (tertiary/aromatic N) is 3. The SMILES string of the molecule is Cl.O=C1CC(=O)c2c3c4ccccc4cc(CCN4CCCC4)c3n3cncc1c23. The number of fused-ring (bicyclic) bond motifs is 5. The average Bonchev–Trinajstić information content (AvgIpc) is 3.37. The molecule has 0 amide bonds. The zero-order valence-electron chi connectivity index (χ0n) is 16.6. The smallest absolute Gasteiger partial charge is 0.174 e. The highest BCUT2D eigenvalue weighted by Gasteiger charge is 2.31. The summed E-state index contributed by atoms with van der Waals surface area (Å²) in [5.74, 6) is -0.214. The highest BCUT2D eigenvalue weighted by Crippen LogP contribution is 2.39. The van der Waals surface area contributed by atoms with Crippen LogP contribution in [0.25, 0.3) is 27.2 Å². The molecule has 3 heterocycles. The number of rotatable bonds is 3. The van der Waals surface area contributed by atoms with Gasteiger partial charge in [-0.15, -0.1) is 12.4 Å². The molecule has 2 aromatic heterocycles. The molecule has 4 aromatic rings. The van der Waals surface area contributed by atoms with Gasteiger partial charge in [0, 0.05) is 18.1 Å². The molecule has 0 unspecified atom stereocenters. The van der Waals surface area contributed by atoms with Crippen LogP contribution in [0.5, 0.6) is 0 Å². The third-order valence-corrected chi connectivity index (χ3v) is 6.51. The van der Waals surface area contributed by atoms with Crippen molar-refractivity contribution in [2.75, 3.05) is 19.6 Å². The second-order valence-electron chi connectivity index (χ2n) is 8.20. The molecule has 1 aliphatic carbocycles. The number of benzene rings is 2. The maximum Gasteiger partial charge on any atom is 0.174 e. The van der Waals surface area contributed by atoms with Crippen LogP contribution < -0.4 is 0 Å². The van der Waals surface area contributed by atoms with Crippen molar-refractivity contribution in [3.05, 3.63) is 59.5 Å². The molecule has 0 bridgehead atoms. The number of Topliss-reactive ketones (excluding diaryl/α,β-unsaturated/α-hetero) is 2. The van der Waals surface area contributed by atoms with Crippen LogP contribution in [0.15, 0.2) is 42.9 Å². The molecule has 0 saturated carbocycles. The van der Waals surface area contributed by atoms with E-state index in [-0.39, 0.29) is 30.4 Å². The molecule has 2 aromatic carbocycles. The zero-order chi connectivity index (χ0) is 19.5. The number of carbonyl (C=O) groups excluding carboxylic acids is 2. The van der Waals surface area contributed by atoms with Crippen molar-refractivity contribution in [3.63, 3.8) is 0 Å². The average molecular weight is 420 g/mol. The fourth-order valence-corrected chi connectivity index (χ4v) is 5.17. The van der Waals surface area contributed by atoms with Crippen molar-refractivity contribution in [3.8, 4) is 0 Å². The fourth-order valence-electron chi connectivity index (χ4n) is 5.17. The Hall–Kier alpha value is -2.76. The second kappa shape index (κ2) is 7.18. The van der Waals surface area contributed by atoms with Crippen molar-refractivity contribution in [1.82, 2.24) is 14.3 Å². The molecular formula is C24H22ClN3O2. The molecule has 30 heavy (non-hydrogen) atoms. The maximum absolute atomic E-state index is 13.0. The first-order valence-electron chi connectivity index (χ1n) is 10.3. The Morgan fingerprint density at radius 3 is 2.63 bits per heavy atom. The van der Waals surface area contributed by atoms with E-state index in [9.17, 15) is 9.59 Å². The molecule has 6 heteroatoms. The predicted octanol–water partition coefficient (Wildman–Crippen LogP) is 4.47. The summed E-state index contributed by atoms with van der Waals surface area (Å²) in [5.41, 5.74) is 4.23. The van der Waals surface area contributed by atoms with E-state index < -0.39 is 0 Å². The van der Waals surface area contributed by atoms with Gasteiger partial charge >= 0.3 is 0 Å². The van der Waals surface area contributed by atoms with Gasteiger partial charge < -0.3 is 4.90 Å². The molecule has 0 spiro atoms. The largest absolute Gasteiger partial charge is 0.303 e. The highest BCUT2D eigenvalue weighted by molar-refractivity contribution is 6.32. The van der Waals surface area contributed by atoms with Gasteiger partial charge in [-0.3, -0.25) is 14.0 Å². The van der Waals surface area contributed by atoms with Crippen molar-refractivity contribution in [2.24, 2.45) is 0 Å². The van der Waals surface area contributed by atoms with Crippen molar-refractivity contribution in [1.29, 1.82) is 0 Å². The van der Waals surface area contributed by atoms with Gasteiger partial charge in [0.25, 0.3) is 0 Å². The minimum absolute atomic E-state index is 0. The van der Waals surface area contributed by atoms with E-state index in [0.29, 0.717) is 11.1 Å². The van der Waals surface area contributed by atoms with Gasteiger partial charge in [-0.05, 0) is 54.8 Å². The van der Waals surface area contributed by atoms with Crippen LogP contribution in [0.1, 0.15) is 45.5 Å². The quantitative estimate of drug-likeness (QED) is 0.460. The number of halogens is 1. The molecule has 2 aliphatic rings. The molecule has 1 saturated heterocycles. The Balaban J connectivity index is 0.00000193. The summed E-state index contributed by atoms with van der Waals surface area (Å²) in [6.45, 7) is 3.33. The summed E-state index contributed by atoms with van der Waals surface area (Å²) in [6.07, 6.45) is 6.76. The summed E-state index contributed by atoms with van der Waals surface area (Å²) >= 11 is 0. The molecule has 1 aliphatic heterocycles. The second-order valence-corrected chi connectivity index (χ2v) is 8.20. The van der Waals surface area contributed by atoms with E-state index in [0.717, 1.165) is 53.2 Å². The normalized spacial score (nSPS) is 16.7. The molecule has 1 fully saturated rings. The number of ketones is 2. The third-order valence-electron chi connectivity index (χ3n) is 6.51. The number of likely N-dealkylation sites (tertiary alicyclic amines) is 1. The van der Waals surface area contributed by atoms with E-state index in [4.69, 9.17) is 0 Å². The third kappa shape index (κ3) is 2.69. The lowest BCUT2D eigenvalue weighted by Gasteiger charge is -2.15. The van der Waals surface area contributed by atoms with E-state index >= 15 is 0 Å². The summed E-state index contributed by atoms with van der Waals surface area (Å²) in [4.78, 5) is 32.4. The first-order chi connectivity index (χ1) is 14.2. The molecule has 5 nitrogen and oxygen atoms in total. The van der Waals surface area contributed by atoms with Crippen LogP contribution in [0.3, 0.4) is 0 Å². The zero-order valence-corrected chi connectivity index (χ0v) is 17.4. The van der Waals surface area contributed by atoms with Crippen molar-refractivity contribution in [2.45, 2.75) is 25.7 Å². The molecule has 152 valence electrons. The summed E-state index contributed by atoms with van der Waals surface area (Å²) < 4.78 is 1.99. The first-order valence-corrected chi connectivity index (χ1v) is 10.3. The Morgan fingerprint density at radius 2 is 1.80 bits per heavy atom. The lowest BCUT2D eigenvalue weighted by atomic mass is 9.90. The van der Waals surface area contributed by atoms with Crippen LogP contribution in [-0.2, 0) is 6.42 Å². The Kier molecular flexibility index (Phi) is 4.60. The van der Waals surface area contributed by atoms with Gasteiger partial charge in [0.15, 0.2) is 11.6 Å². The number of hydrogen-bond acceptors (Lipinski definition) is 4. The topological polar surface area (TPSA) is 54.7 Å². The monoisotopic (exact) mass is 419 g/mol. The molecule has 0 radical (unpaired) electrons. The summed E-state index contributed by atoms with van der Waals surface area (Å²) in [5, 5.41) is 3.19. The van der Waals surface area contributed by atoms with E-state index in [1.54, 1.807) is 12.5 Å². The number of hydrogen-bond donors (Lipinski definition) is 0. The Bertz CT molecular complexity index is 1340. The van der Waals surface area contributed by atoms with Gasteiger partial charge in [-0.25, -0.2) is 4.98 Å². The van der Waals surface area contributed by atoms with Gasteiger partial charge in [0.2, 0.25) is 0 Å². The van der Waals surface area contributed by atoms with Crippen LogP contribution in [0.2, 0.25) is 0 Å². The van der Waals surface area contributed by atoms with Gasteiger partial charge in [-0.1, -0.05) is 24.3 Å². The highest BCUT2D eigenvalue weighted by atomic mass is 35.5. The molecule has 0 atom stereocenters. The Morgan fingerprint density at radius 1 is 1.00 bits per heavy atom. The predicted molar refractivity (Wildman–Crippen MR) is 120 cm³/mol. The first kappa shape index (κ1) is 19.2. The summed E-state index contributed by atoms with van der Waals surface area (Å²) in [7, 11) is 0. The number of aromatic nitrogens is 2. The molecule has 6 rings (SSSR count). The van der Waals surface area contributed by atoms with Gasteiger partial charge in [0.05, 0.1) is 34.9 Å². The van der Waals surface area contributed by atoms with Crippen LogP contribution >= 0.6 is 12.4 Å². The van der Waals surface area contributed by atoms with Crippen molar-refractivity contribution < 1.29 is 9.59 Å².